The summed E-state index contributed by atoms with van der Waals surface area (Å²) in [5.41, 5.74) is -1.60. The van der Waals surface area contributed by atoms with Crippen molar-refractivity contribution in [3.8, 4) is 0 Å². The van der Waals surface area contributed by atoms with Gasteiger partial charge in [0.2, 0.25) is 5.91 Å². The Morgan fingerprint density at radius 3 is 2.12 bits per heavy atom. The molecule has 1 aliphatic heterocycles. The second-order valence-corrected chi connectivity index (χ2v) is 7.81. The van der Waals surface area contributed by atoms with Crippen molar-refractivity contribution in [3.63, 3.8) is 0 Å². The van der Waals surface area contributed by atoms with Crippen molar-refractivity contribution < 1.29 is 29.0 Å². The highest BCUT2D eigenvalue weighted by atomic mass is 16.6. The molecule has 1 aliphatic rings. The third-order valence-corrected chi connectivity index (χ3v) is 3.27. The van der Waals surface area contributed by atoms with Gasteiger partial charge in [0.1, 0.15) is 17.2 Å². The van der Waals surface area contributed by atoms with Crippen molar-refractivity contribution in [2.75, 3.05) is 0 Å². The topological polar surface area (TPSA) is 93.1 Å². The normalized spacial score (nSPS) is 23.0. The highest BCUT2D eigenvalue weighted by Gasteiger charge is 2.51. The SMILES string of the molecule is C=C[C@@H](O)[C@@H]1C[C@@H](C(=O)OC(C)(C)C)N(C(=O)OC(C)(C)C)C1=O. The van der Waals surface area contributed by atoms with Crippen LogP contribution in [-0.4, -0.2) is 51.3 Å². The van der Waals surface area contributed by atoms with Crippen LogP contribution in [0.2, 0.25) is 0 Å². The maximum Gasteiger partial charge on any atom is 0.417 e. The Hall–Kier alpha value is -1.89. The fraction of sp³-hybridized carbons (Fsp3) is 0.706. The number of nitrogens with zero attached hydrogens (tertiary/aromatic N) is 1. The fourth-order valence-electron chi connectivity index (χ4n) is 2.33. The van der Waals surface area contributed by atoms with Gasteiger partial charge in [-0.1, -0.05) is 6.08 Å². The molecule has 3 atom stereocenters. The van der Waals surface area contributed by atoms with Crippen LogP contribution < -0.4 is 0 Å². The molecule has 0 bridgehead atoms. The number of rotatable bonds is 3. The van der Waals surface area contributed by atoms with Crippen LogP contribution in [0.15, 0.2) is 12.7 Å². The number of carbonyl (C=O) groups is 3. The maximum absolute atomic E-state index is 12.5. The Labute approximate surface area is 142 Å². The van der Waals surface area contributed by atoms with Crippen LogP contribution in [-0.2, 0) is 19.1 Å². The number of esters is 1. The average Bonchev–Trinajstić information content (AvgIpc) is 2.71. The molecule has 0 spiro atoms. The van der Waals surface area contributed by atoms with E-state index in [-0.39, 0.29) is 6.42 Å². The molecule has 0 aromatic rings. The molecular formula is C17H27NO6. The lowest BCUT2D eigenvalue weighted by molar-refractivity contribution is -0.161. The number of aliphatic hydroxyl groups is 1. The number of ether oxygens (including phenoxy) is 2. The van der Waals surface area contributed by atoms with Gasteiger partial charge in [0.15, 0.2) is 0 Å². The summed E-state index contributed by atoms with van der Waals surface area (Å²) in [6, 6.07) is -1.13. The van der Waals surface area contributed by atoms with Crippen LogP contribution >= 0.6 is 0 Å². The average molecular weight is 341 g/mol. The van der Waals surface area contributed by atoms with Crippen LogP contribution in [0.4, 0.5) is 4.79 Å². The van der Waals surface area contributed by atoms with Gasteiger partial charge in [0, 0.05) is 0 Å². The number of likely N-dealkylation sites (tertiary alicyclic amines) is 1. The minimum absolute atomic E-state index is 0.0415. The molecule has 7 nitrogen and oxygen atoms in total. The monoisotopic (exact) mass is 341 g/mol. The molecular weight excluding hydrogens is 314 g/mol. The maximum atomic E-state index is 12.5. The van der Waals surface area contributed by atoms with E-state index in [0.717, 1.165) is 4.90 Å². The van der Waals surface area contributed by atoms with Crippen molar-refractivity contribution in [2.24, 2.45) is 5.92 Å². The first-order valence-electron chi connectivity index (χ1n) is 7.86. The zero-order valence-electron chi connectivity index (χ0n) is 15.2. The molecule has 2 amide bonds. The second-order valence-electron chi connectivity index (χ2n) is 7.81. The van der Waals surface area contributed by atoms with Crippen molar-refractivity contribution in [1.29, 1.82) is 0 Å². The Morgan fingerprint density at radius 1 is 1.21 bits per heavy atom. The zero-order chi connectivity index (χ0) is 18.9. The summed E-state index contributed by atoms with van der Waals surface area (Å²) in [6.07, 6.45) is -0.926. The molecule has 1 N–H and O–H groups in total. The Bertz CT molecular complexity index is 528. The quantitative estimate of drug-likeness (QED) is 0.623. The summed E-state index contributed by atoms with van der Waals surface area (Å²) >= 11 is 0. The van der Waals surface area contributed by atoms with Gasteiger partial charge >= 0.3 is 12.1 Å². The lowest BCUT2D eigenvalue weighted by Crippen LogP contribution is -2.47. The van der Waals surface area contributed by atoms with Gasteiger partial charge in [-0.15, -0.1) is 6.58 Å². The van der Waals surface area contributed by atoms with E-state index in [4.69, 9.17) is 9.47 Å². The first-order chi connectivity index (χ1) is 10.8. The van der Waals surface area contributed by atoms with Crippen molar-refractivity contribution in [3.05, 3.63) is 12.7 Å². The Balaban J connectivity index is 3.11. The van der Waals surface area contributed by atoms with Gasteiger partial charge < -0.3 is 14.6 Å². The number of aliphatic hydroxyl groups excluding tert-OH is 1. The zero-order valence-corrected chi connectivity index (χ0v) is 15.2. The summed E-state index contributed by atoms with van der Waals surface area (Å²) in [4.78, 5) is 38.1. The Kier molecular flexibility index (Phi) is 5.82. The smallest absolute Gasteiger partial charge is 0.417 e. The third kappa shape index (κ3) is 5.06. The molecule has 0 aliphatic carbocycles. The first kappa shape index (κ1) is 20.2. The molecule has 24 heavy (non-hydrogen) atoms. The predicted molar refractivity (Wildman–Crippen MR) is 87.0 cm³/mol. The predicted octanol–water partition coefficient (Wildman–Crippen LogP) is 2.03. The number of hydrogen-bond donors (Lipinski definition) is 1. The Morgan fingerprint density at radius 2 is 1.71 bits per heavy atom. The van der Waals surface area contributed by atoms with E-state index >= 15 is 0 Å². The lowest BCUT2D eigenvalue weighted by Gasteiger charge is -2.28. The van der Waals surface area contributed by atoms with Crippen molar-refractivity contribution in [1.82, 2.24) is 4.90 Å². The first-order valence-corrected chi connectivity index (χ1v) is 7.86. The molecule has 0 aromatic carbocycles. The largest absolute Gasteiger partial charge is 0.458 e. The van der Waals surface area contributed by atoms with E-state index in [0.29, 0.717) is 0 Å². The lowest BCUT2D eigenvalue weighted by atomic mass is 9.98. The van der Waals surface area contributed by atoms with E-state index < -0.39 is 47.2 Å². The van der Waals surface area contributed by atoms with Crippen LogP contribution in [0.1, 0.15) is 48.0 Å². The summed E-state index contributed by atoms with van der Waals surface area (Å²) in [6.45, 7) is 13.5. The van der Waals surface area contributed by atoms with Gasteiger partial charge in [-0.05, 0) is 48.0 Å². The van der Waals surface area contributed by atoms with Crippen molar-refractivity contribution in [2.45, 2.75) is 71.3 Å². The van der Waals surface area contributed by atoms with E-state index in [1.807, 2.05) is 0 Å². The van der Waals surface area contributed by atoms with Gasteiger partial charge in [0.25, 0.3) is 0 Å². The fourth-order valence-corrected chi connectivity index (χ4v) is 2.33. The molecule has 136 valence electrons. The van der Waals surface area contributed by atoms with Gasteiger partial charge in [0.05, 0.1) is 12.0 Å². The number of imide groups is 1. The second kappa shape index (κ2) is 6.93. The molecule has 7 heteroatoms. The number of carbonyl (C=O) groups excluding carboxylic acids is 3. The summed E-state index contributed by atoms with van der Waals surface area (Å²) in [7, 11) is 0. The minimum Gasteiger partial charge on any atom is -0.458 e. The standard InChI is InChI=1S/C17H27NO6/c1-8-12(19)10-9-11(14(21)23-16(2,3)4)18(13(10)20)15(22)24-17(5,6)7/h8,10-12,19H,1,9H2,2-7H3/t10-,11-,12+/m0/s1. The molecule has 0 unspecified atom stereocenters. The van der Waals surface area contributed by atoms with Crippen molar-refractivity contribution >= 4 is 18.0 Å². The molecule has 0 saturated carbocycles. The molecule has 0 aromatic heterocycles. The number of amides is 2. The summed E-state index contributed by atoms with van der Waals surface area (Å²) in [5, 5.41) is 9.92. The highest BCUT2D eigenvalue weighted by molar-refractivity contribution is 6.01. The van der Waals surface area contributed by atoms with Gasteiger partial charge in [-0.25, -0.2) is 14.5 Å². The minimum atomic E-state index is -1.16. The van der Waals surface area contributed by atoms with Crippen LogP contribution in [0.25, 0.3) is 0 Å². The highest BCUT2D eigenvalue weighted by Crippen LogP contribution is 2.31. The van der Waals surface area contributed by atoms with Gasteiger partial charge in [-0.3, -0.25) is 4.79 Å². The molecule has 1 rings (SSSR count). The van der Waals surface area contributed by atoms with Gasteiger partial charge in [-0.2, -0.15) is 0 Å². The third-order valence-electron chi connectivity index (χ3n) is 3.27. The summed E-state index contributed by atoms with van der Waals surface area (Å²) < 4.78 is 10.5. The van der Waals surface area contributed by atoms with E-state index in [1.165, 1.54) is 6.08 Å². The molecule has 1 saturated heterocycles. The van der Waals surface area contributed by atoms with E-state index in [2.05, 4.69) is 6.58 Å². The molecule has 0 radical (unpaired) electrons. The number of hydrogen-bond acceptors (Lipinski definition) is 6. The molecule has 1 fully saturated rings. The van der Waals surface area contributed by atoms with E-state index in [1.54, 1.807) is 41.5 Å². The molecule has 1 heterocycles. The van der Waals surface area contributed by atoms with Crippen LogP contribution in [0.5, 0.6) is 0 Å². The summed E-state index contributed by atoms with van der Waals surface area (Å²) in [5.74, 6) is -2.32. The van der Waals surface area contributed by atoms with Crippen LogP contribution in [0, 0.1) is 5.92 Å². The van der Waals surface area contributed by atoms with Crippen LogP contribution in [0.3, 0.4) is 0 Å². The van der Waals surface area contributed by atoms with E-state index in [9.17, 15) is 19.5 Å².